The summed E-state index contributed by atoms with van der Waals surface area (Å²) < 4.78 is 27.7. The molecule has 2 aromatic carbocycles. The summed E-state index contributed by atoms with van der Waals surface area (Å²) in [7, 11) is 1.76. The summed E-state index contributed by atoms with van der Waals surface area (Å²) in [6, 6.07) is 10.4. The lowest BCUT2D eigenvalue weighted by molar-refractivity contribution is 0.520. The van der Waals surface area contributed by atoms with Gasteiger partial charge in [0.15, 0.2) is 0 Å². The predicted octanol–water partition coefficient (Wildman–Crippen LogP) is 4.08. The Bertz CT molecular complexity index is 608. The smallest absolute Gasteiger partial charge is 0.128 e. The Kier molecular flexibility index (Phi) is 4.50. The highest BCUT2D eigenvalue weighted by molar-refractivity contribution is 5.30. The summed E-state index contributed by atoms with van der Waals surface area (Å²) >= 11 is 0. The van der Waals surface area contributed by atoms with Crippen LogP contribution in [0.15, 0.2) is 36.4 Å². The number of halogens is 2. The zero-order valence-corrected chi connectivity index (χ0v) is 12.0. The molecule has 1 nitrogen and oxygen atoms in total. The van der Waals surface area contributed by atoms with Crippen LogP contribution in [0.1, 0.15) is 28.3 Å². The van der Waals surface area contributed by atoms with E-state index in [4.69, 9.17) is 0 Å². The number of hydrogen-bond donors (Lipinski definition) is 1. The van der Waals surface area contributed by atoms with Gasteiger partial charge in [-0.3, -0.25) is 0 Å². The van der Waals surface area contributed by atoms with Crippen LogP contribution in [0.5, 0.6) is 0 Å². The van der Waals surface area contributed by atoms with Gasteiger partial charge in [0.1, 0.15) is 11.6 Å². The molecule has 0 aliphatic rings. The molecular formula is C17H19F2N. The maximum Gasteiger partial charge on any atom is 0.128 e. The van der Waals surface area contributed by atoms with Crippen LogP contribution in [-0.2, 0) is 6.42 Å². The van der Waals surface area contributed by atoms with Gasteiger partial charge in [0.25, 0.3) is 0 Å². The second-order valence-corrected chi connectivity index (χ2v) is 5.16. The van der Waals surface area contributed by atoms with Crippen molar-refractivity contribution >= 4 is 0 Å². The van der Waals surface area contributed by atoms with E-state index in [1.165, 1.54) is 12.1 Å². The Balaban J connectivity index is 2.31. The molecule has 1 atom stereocenters. The topological polar surface area (TPSA) is 12.0 Å². The van der Waals surface area contributed by atoms with Crippen LogP contribution >= 0.6 is 0 Å². The molecule has 20 heavy (non-hydrogen) atoms. The van der Waals surface area contributed by atoms with E-state index in [0.717, 1.165) is 11.1 Å². The van der Waals surface area contributed by atoms with Gasteiger partial charge in [-0.05, 0) is 50.6 Å². The van der Waals surface area contributed by atoms with Gasteiger partial charge in [-0.1, -0.05) is 29.8 Å². The Hall–Kier alpha value is -1.74. The highest BCUT2D eigenvalue weighted by Gasteiger charge is 2.17. The molecule has 0 radical (unpaired) electrons. The van der Waals surface area contributed by atoms with E-state index >= 15 is 0 Å². The van der Waals surface area contributed by atoms with Crippen molar-refractivity contribution in [1.29, 1.82) is 0 Å². The summed E-state index contributed by atoms with van der Waals surface area (Å²) in [6.07, 6.45) is 0.623. The maximum absolute atomic E-state index is 14.0. The average Bonchev–Trinajstić information content (AvgIpc) is 2.40. The van der Waals surface area contributed by atoms with Crippen LogP contribution in [0.25, 0.3) is 0 Å². The lowest BCUT2D eigenvalue weighted by Gasteiger charge is -2.18. The average molecular weight is 275 g/mol. The number of rotatable bonds is 4. The highest BCUT2D eigenvalue weighted by Crippen LogP contribution is 2.24. The standard InChI is InChI=1S/C17H19F2N/c1-11-5-4-6-13(7-11)9-17(20-3)14-10-15(18)12(2)8-16(14)19/h4-8,10,17,20H,9H2,1-3H3. The third kappa shape index (κ3) is 3.23. The van der Waals surface area contributed by atoms with Crippen LogP contribution in [-0.4, -0.2) is 7.05 Å². The molecule has 0 aliphatic carbocycles. The summed E-state index contributed by atoms with van der Waals surface area (Å²) in [5, 5.41) is 3.07. The minimum atomic E-state index is -0.370. The van der Waals surface area contributed by atoms with Gasteiger partial charge < -0.3 is 5.32 Å². The molecule has 0 amide bonds. The van der Waals surface area contributed by atoms with Crippen molar-refractivity contribution in [3.05, 3.63) is 70.3 Å². The van der Waals surface area contributed by atoms with Gasteiger partial charge in [0.05, 0.1) is 0 Å². The van der Waals surface area contributed by atoms with Crippen LogP contribution in [0, 0.1) is 25.5 Å². The van der Waals surface area contributed by atoms with E-state index in [1.807, 2.05) is 25.1 Å². The van der Waals surface area contributed by atoms with E-state index in [9.17, 15) is 8.78 Å². The summed E-state index contributed by atoms with van der Waals surface area (Å²) in [5.41, 5.74) is 2.96. The van der Waals surface area contributed by atoms with Gasteiger partial charge in [-0.15, -0.1) is 0 Å². The minimum absolute atomic E-state index is 0.244. The highest BCUT2D eigenvalue weighted by atomic mass is 19.1. The number of hydrogen-bond acceptors (Lipinski definition) is 1. The molecule has 0 bridgehead atoms. The molecular weight excluding hydrogens is 256 g/mol. The second-order valence-electron chi connectivity index (χ2n) is 5.16. The zero-order chi connectivity index (χ0) is 14.7. The number of aryl methyl sites for hydroxylation is 2. The molecule has 0 saturated carbocycles. The molecule has 106 valence electrons. The molecule has 3 heteroatoms. The van der Waals surface area contributed by atoms with Gasteiger partial charge >= 0.3 is 0 Å². The van der Waals surface area contributed by atoms with E-state index < -0.39 is 0 Å². The van der Waals surface area contributed by atoms with E-state index in [2.05, 4.69) is 11.4 Å². The molecule has 0 fully saturated rings. The summed E-state index contributed by atoms with van der Waals surface area (Å²) in [5.74, 6) is -0.734. The fraction of sp³-hybridized carbons (Fsp3) is 0.294. The number of benzene rings is 2. The van der Waals surface area contributed by atoms with Gasteiger partial charge in [-0.25, -0.2) is 8.78 Å². The first-order valence-electron chi connectivity index (χ1n) is 6.69. The third-order valence-electron chi connectivity index (χ3n) is 3.52. The lowest BCUT2D eigenvalue weighted by atomic mass is 9.96. The van der Waals surface area contributed by atoms with Crippen molar-refractivity contribution in [3.63, 3.8) is 0 Å². The Morgan fingerprint density at radius 1 is 1.05 bits per heavy atom. The van der Waals surface area contributed by atoms with Gasteiger partial charge in [0.2, 0.25) is 0 Å². The minimum Gasteiger partial charge on any atom is -0.313 e. The van der Waals surface area contributed by atoms with E-state index in [-0.39, 0.29) is 17.7 Å². The molecule has 0 saturated heterocycles. The van der Waals surface area contributed by atoms with Crippen molar-refractivity contribution < 1.29 is 8.78 Å². The quantitative estimate of drug-likeness (QED) is 0.886. The fourth-order valence-electron chi connectivity index (χ4n) is 2.37. The molecule has 0 spiro atoms. The number of likely N-dealkylation sites (N-methyl/N-ethyl adjacent to an activating group) is 1. The van der Waals surface area contributed by atoms with Crippen LogP contribution in [0.3, 0.4) is 0 Å². The van der Waals surface area contributed by atoms with E-state index in [0.29, 0.717) is 17.5 Å². The lowest BCUT2D eigenvalue weighted by Crippen LogP contribution is -2.20. The monoisotopic (exact) mass is 275 g/mol. The summed E-state index contributed by atoms with van der Waals surface area (Å²) in [4.78, 5) is 0. The Morgan fingerprint density at radius 2 is 1.80 bits per heavy atom. The van der Waals surface area contributed by atoms with Gasteiger partial charge in [0, 0.05) is 11.6 Å². The van der Waals surface area contributed by atoms with Crippen molar-refractivity contribution in [2.75, 3.05) is 7.05 Å². The zero-order valence-electron chi connectivity index (χ0n) is 12.0. The third-order valence-corrected chi connectivity index (χ3v) is 3.52. The maximum atomic E-state index is 14.0. The SMILES string of the molecule is CNC(Cc1cccc(C)c1)c1cc(F)c(C)cc1F. The molecule has 0 aromatic heterocycles. The van der Waals surface area contributed by atoms with Crippen molar-refractivity contribution in [3.8, 4) is 0 Å². The number of nitrogens with one attached hydrogen (secondary N) is 1. The largest absolute Gasteiger partial charge is 0.313 e. The van der Waals surface area contributed by atoms with Crippen molar-refractivity contribution in [1.82, 2.24) is 5.32 Å². The normalized spacial score (nSPS) is 12.4. The molecule has 0 aliphatic heterocycles. The van der Waals surface area contributed by atoms with Crippen LogP contribution in [0.2, 0.25) is 0 Å². The Labute approximate surface area is 118 Å². The summed E-state index contributed by atoms with van der Waals surface area (Å²) in [6.45, 7) is 3.58. The molecule has 2 rings (SSSR count). The molecule has 2 aromatic rings. The van der Waals surface area contributed by atoms with Crippen LogP contribution in [0.4, 0.5) is 8.78 Å². The molecule has 0 heterocycles. The second kappa shape index (κ2) is 6.14. The molecule has 1 N–H and O–H groups in total. The van der Waals surface area contributed by atoms with Crippen molar-refractivity contribution in [2.24, 2.45) is 0 Å². The Morgan fingerprint density at radius 3 is 2.45 bits per heavy atom. The predicted molar refractivity (Wildman–Crippen MR) is 77.8 cm³/mol. The van der Waals surface area contributed by atoms with Crippen molar-refractivity contribution in [2.45, 2.75) is 26.3 Å². The fourth-order valence-corrected chi connectivity index (χ4v) is 2.37. The van der Waals surface area contributed by atoms with Gasteiger partial charge in [-0.2, -0.15) is 0 Å². The first-order valence-corrected chi connectivity index (χ1v) is 6.69. The first kappa shape index (κ1) is 14.7. The van der Waals surface area contributed by atoms with Crippen LogP contribution < -0.4 is 5.32 Å². The molecule has 1 unspecified atom stereocenters. The van der Waals surface area contributed by atoms with E-state index in [1.54, 1.807) is 14.0 Å². The first-order chi connectivity index (χ1) is 9.51.